The van der Waals surface area contributed by atoms with Gasteiger partial charge in [-0.25, -0.2) is 0 Å². The third kappa shape index (κ3) is 2.85. The molecule has 0 saturated heterocycles. The average molecular weight is 280 g/mol. The van der Waals surface area contributed by atoms with Crippen LogP contribution in [-0.2, 0) is 0 Å². The minimum absolute atomic E-state index is 0.00488. The van der Waals surface area contributed by atoms with Crippen molar-refractivity contribution in [3.05, 3.63) is 47.0 Å². The fourth-order valence-corrected chi connectivity index (χ4v) is 2.08. The van der Waals surface area contributed by atoms with Crippen molar-refractivity contribution < 1.29 is 15.3 Å². The molecule has 4 nitrogen and oxygen atoms in total. The molecule has 0 aliphatic carbocycles. The van der Waals surface area contributed by atoms with Gasteiger partial charge in [-0.05, 0) is 37.3 Å². The first-order chi connectivity index (χ1) is 8.99. The van der Waals surface area contributed by atoms with E-state index in [2.05, 4.69) is 5.32 Å². The summed E-state index contributed by atoms with van der Waals surface area (Å²) in [5, 5.41) is 32.2. The summed E-state index contributed by atoms with van der Waals surface area (Å²) in [4.78, 5) is 0. The molecule has 0 aromatic heterocycles. The second-order valence-electron chi connectivity index (χ2n) is 4.24. The van der Waals surface area contributed by atoms with Crippen LogP contribution in [-0.4, -0.2) is 15.3 Å². The molecule has 0 saturated carbocycles. The van der Waals surface area contributed by atoms with Gasteiger partial charge in [-0.1, -0.05) is 17.7 Å². The first kappa shape index (κ1) is 13.4. The summed E-state index contributed by atoms with van der Waals surface area (Å²) in [5.41, 5.74) is 1.09. The maximum Gasteiger partial charge on any atom is 0.134 e. The Labute approximate surface area is 115 Å². The van der Waals surface area contributed by atoms with Crippen LogP contribution in [0.2, 0.25) is 5.02 Å². The molecule has 2 rings (SSSR count). The zero-order valence-corrected chi connectivity index (χ0v) is 11.0. The summed E-state index contributed by atoms with van der Waals surface area (Å²) in [6, 6.07) is 8.98. The molecule has 0 fully saturated rings. The van der Waals surface area contributed by atoms with Gasteiger partial charge in [0.15, 0.2) is 0 Å². The van der Waals surface area contributed by atoms with Crippen molar-refractivity contribution in [1.29, 1.82) is 0 Å². The molecule has 0 spiro atoms. The highest BCUT2D eigenvalue weighted by atomic mass is 35.5. The van der Waals surface area contributed by atoms with Crippen LogP contribution < -0.4 is 5.32 Å². The van der Waals surface area contributed by atoms with Gasteiger partial charge >= 0.3 is 0 Å². The van der Waals surface area contributed by atoms with Crippen LogP contribution in [0.3, 0.4) is 0 Å². The number of hydrogen-bond donors (Lipinski definition) is 4. The number of nitrogens with one attached hydrogen (secondary N) is 1. The van der Waals surface area contributed by atoms with E-state index in [9.17, 15) is 15.3 Å². The first-order valence-corrected chi connectivity index (χ1v) is 6.12. The summed E-state index contributed by atoms with van der Waals surface area (Å²) in [5.74, 6) is 0.0417. The van der Waals surface area contributed by atoms with Gasteiger partial charge in [-0.2, -0.15) is 0 Å². The fourth-order valence-electron chi connectivity index (χ4n) is 1.90. The van der Waals surface area contributed by atoms with Crippen LogP contribution in [0.1, 0.15) is 18.5 Å². The molecule has 5 heteroatoms. The maximum atomic E-state index is 9.77. The van der Waals surface area contributed by atoms with E-state index in [1.807, 2.05) is 0 Å². The van der Waals surface area contributed by atoms with E-state index in [-0.39, 0.29) is 28.3 Å². The van der Waals surface area contributed by atoms with Crippen molar-refractivity contribution in [2.45, 2.75) is 13.0 Å². The minimum atomic E-state index is -0.318. The zero-order chi connectivity index (χ0) is 14.0. The maximum absolute atomic E-state index is 9.77. The second-order valence-corrected chi connectivity index (χ2v) is 4.65. The lowest BCUT2D eigenvalue weighted by Crippen LogP contribution is -2.07. The number of benzene rings is 2. The van der Waals surface area contributed by atoms with E-state index in [1.165, 1.54) is 18.2 Å². The Morgan fingerprint density at radius 1 is 1.00 bits per heavy atom. The Morgan fingerprint density at radius 2 is 1.63 bits per heavy atom. The Hall–Kier alpha value is -2.07. The van der Waals surface area contributed by atoms with E-state index >= 15 is 0 Å². The van der Waals surface area contributed by atoms with Crippen LogP contribution in [0.4, 0.5) is 5.69 Å². The predicted octanol–water partition coefficient (Wildman–Crippen LogP) is 3.63. The van der Waals surface area contributed by atoms with Crippen molar-refractivity contribution in [3.63, 3.8) is 0 Å². The van der Waals surface area contributed by atoms with Crippen molar-refractivity contribution in [3.8, 4) is 17.2 Å². The quantitative estimate of drug-likeness (QED) is 0.648. The average Bonchev–Trinajstić information content (AvgIpc) is 2.33. The molecule has 1 atom stereocenters. The van der Waals surface area contributed by atoms with Crippen molar-refractivity contribution in [1.82, 2.24) is 0 Å². The summed E-state index contributed by atoms with van der Waals surface area (Å²) < 4.78 is 0. The summed E-state index contributed by atoms with van der Waals surface area (Å²) >= 11 is 5.82. The number of anilines is 1. The lowest BCUT2D eigenvalue weighted by atomic mass is 10.1. The molecule has 19 heavy (non-hydrogen) atoms. The highest BCUT2D eigenvalue weighted by Gasteiger charge is 2.15. The highest BCUT2D eigenvalue weighted by molar-refractivity contribution is 6.32. The van der Waals surface area contributed by atoms with Crippen molar-refractivity contribution >= 4 is 17.3 Å². The SMILES string of the molecule is CC(Nc1ccc(O)c(Cl)c1)c1c(O)cccc1O. The van der Waals surface area contributed by atoms with E-state index in [0.29, 0.717) is 11.3 Å². The monoisotopic (exact) mass is 279 g/mol. The lowest BCUT2D eigenvalue weighted by Gasteiger charge is -2.18. The predicted molar refractivity (Wildman–Crippen MR) is 74.9 cm³/mol. The molecular formula is C14H14ClNO3. The van der Waals surface area contributed by atoms with Gasteiger partial charge in [0, 0.05) is 5.69 Å². The van der Waals surface area contributed by atoms with E-state index in [1.54, 1.807) is 25.1 Å². The Bertz CT molecular complexity index is 581. The minimum Gasteiger partial charge on any atom is -0.507 e. The van der Waals surface area contributed by atoms with Gasteiger partial charge < -0.3 is 20.6 Å². The van der Waals surface area contributed by atoms with E-state index in [0.717, 1.165) is 0 Å². The summed E-state index contributed by atoms with van der Waals surface area (Å²) in [7, 11) is 0. The van der Waals surface area contributed by atoms with Crippen LogP contribution in [0.15, 0.2) is 36.4 Å². The van der Waals surface area contributed by atoms with E-state index < -0.39 is 0 Å². The number of rotatable bonds is 3. The third-order valence-corrected chi connectivity index (χ3v) is 3.13. The zero-order valence-electron chi connectivity index (χ0n) is 10.3. The molecule has 100 valence electrons. The van der Waals surface area contributed by atoms with Crippen molar-refractivity contribution in [2.24, 2.45) is 0 Å². The molecule has 4 N–H and O–H groups in total. The normalized spacial score (nSPS) is 12.1. The van der Waals surface area contributed by atoms with Gasteiger partial charge in [-0.3, -0.25) is 0 Å². The standard InChI is InChI=1S/C14H14ClNO3/c1-8(14-12(18)3-2-4-13(14)19)16-9-5-6-11(17)10(15)7-9/h2-8,16-19H,1H3. The fraction of sp³-hybridized carbons (Fsp3) is 0.143. The molecule has 0 amide bonds. The Kier molecular flexibility index (Phi) is 3.71. The summed E-state index contributed by atoms with van der Waals surface area (Å²) in [6.45, 7) is 1.80. The summed E-state index contributed by atoms with van der Waals surface area (Å²) in [6.07, 6.45) is 0. The number of hydrogen-bond acceptors (Lipinski definition) is 4. The molecule has 0 heterocycles. The number of phenols is 3. The van der Waals surface area contributed by atoms with Crippen molar-refractivity contribution in [2.75, 3.05) is 5.32 Å². The molecular weight excluding hydrogens is 266 g/mol. The Balaban J connectivity index is 2.25. The molecule has 2 aromatic carbocycles. The largest absolute Gasteiger partial charge is 0.507 e. The lowest BCUT2D eigenvalue weighted by molar-refractivity contribution is 0.434. The van der Waals surface area contributed by atoms with Crippen LogP contribution in [0.25, 0.3) is 0 Å². The molecule has 0 aliphatic rings. The third-order valence-electron chi connectivity index (χ3n) is 2.82. The molecule has 0 radical (unpaired) electrons. The van der Waals surface area contributed by atoms with E-state index in [4.69, 9.17) is 11.6 Å². The molecule has 0 bridgehead atoms. The Morgan fingerprint density at radius 3 is 2.21 bits per heavy atom. The van der Waals surface area contributed by atoms with Gasteiger partial charge in [0.2, 0.25) is 0 Å². The van der Waals surface area contributed by atoms with Gasteiger partial charge in [0.1, 0.15) is 17.2 Å². The van der Waals surface area contributed by atoms with Crippen LogP contribution in [0.5, 0.6) is 17.2 Å². The van der Waals surface area contributed by atoms with Gasteiger partial charge in [0.05, 0.1) is 16.6 Å². The highest BCUT2D eigenvalue weighted by Crippen LogP contribution is 2.35. The van der Waals surface area contributed by atoms with Gasteiger partial charge in [0.25, 0.3) is 0 Å². The molecule has 2 aromatic rings. The van der Waals surface area contributed by atoms with Crippen LogP contribution >= 0.6 is 11.6 Å². The van der Waals surface area contributed by atoms with Gasteiger partial charge in [-0.15, -0.1) is 0 Å². The number of halogens is 1. The topological polar surface area (TPSA) is 72.7 Å². The van der Waals surface area contributed by atoms with Crippen LogP contribution in [0, 0.1) is 0 Å². The number of phenolic OH excluding ortho intramolecular Hbond substituents is 3. The molecule has 1 unspecified atom stereocenters. The smallest absolute Gasteiger partial charge is 0.134 e. The second kappa shape index (κ2) is 5.28. The molecule has 0 aliphatic heterocycles. The first-order valence-electron chi connectivity index (χ1n) is 5.75. The number of aromatic hydroxyl groups is 3.